The van der Waals surface area contributed by atoms with E-state index in [1.54, 1.807) is 12.4 Å². The third-order valence-corrected chi connectivity index (χ3v) is 5.24. The summed E-state index contributed by atoms with van der Waals surface area (Å²) in [6, 6.07) is 0. The van der Waals surface area contributed by atoms with Crippen LogP contribution in [-0.4, -0.2) is 29.7 Å². The number of fused-ring (bicyclic) bond motifs is 1. The topological polar surface area (TPSA) is 98.5 Å². The lowest BCUT2D eigenvalue weighted by atomic mass is 9.82. The highest BCUT2D eigenvalue weighted by atomic mass is 127. The van der Waals surface area contributed by atoms with Gasteiger partial charge in [0.1, 0.15) is 5.82 Å². The molecule has 2 heterocycles. The number of halogens is 3. The number of nitrogens with zero attached hydrogens (tertiary/aromatic N) is 2. The Kier molecular flexibility index (Phi) is 4.70. The number of rotatable bonds is 3. The van der Waals surface area contributed by atoms with Gasteiger partial charge in [-0.05, 0) is 48.3 Å². The van der Waals surface area contributed by atoms with Gasteiger partial charge < -0.3 is 15.8 Å². The van der Waals surface area contributed by atoms with Crippen molar-refractivity contribution in [3.8, 4) is 0 Å². The molecule has 0 bridgehead atoms. The SMILES string of the molecule is Nc1ncc(I)c2c1C=NC(N)(C1CCC(OC(F)F)CC1)N2. The van der Waals surface area contributed by atoms with Gasteiger partial charge in [0.05, 0.1) is 20.9 Å². The highest BCUT2D eigenvalue weighted by Crippen LogP contribution is 2.38. The summed E-state index contributed by atoms with van der Waals surface area (Å²) in [4.78, 5) is 8.54. The van der Waals surface area contributed by atoms with E-state index in [4.69, 9.17) is 11.5 Å². The molecule has 1 aromatic rings. The van der Waals surface area contributed by atoms with Crippen molar-refractivity contribution in [2.24, 2.45) is 16.6 Å². The molecular weight excluding hydrogens is 419 g/mol. The van der Waals surface area contributed by atoms with E-state index in [1.807, 2.05) is 0 Å². The maximum atomic E-state index is 12.3. The minimum absolute atomic E-state index is 0.0367. The number of aromatic nitrogens is 1. The molecule has 0 saturated heterocycles. The first kappa shape index (κ1) is 16.8. The van der Waals surface area contributed by atoms with Gasteiger partial charge in [0.15, 0.2) is 5.79 Å². The summed E-state index contributed by atoms with van der Waals surface area (Å²) in [6.07, 6.45) is 5.36. The molecule has 5 N–H and O–H groups in total. The molecule has 0 radical (unpaired) electrons. The molecule has 0 spiro atoms. The number of alkyl halides is 2. The second kappa shape index (κ2) is 6.44. The average Bonchev–Trinajstić information content (AvgIpc) is 2.51. The van der Waals surface area contributed by atoms with Gasteiger partial charge >= 0.3 is 6.61 Å². The summed E-state index contributed by atoms with van der Waals surface area (Å²) >= 11 is 2.16. The number of hydrogen-bond acceptors (Lipinski definition) is 6. The van der Waals surface area contributed by atoms with Gasteiger partial charge in [0.2, 0.25) is 0 Å². The number of ether oxygens (including phenoxy) is 1. The van der Waals surface area contributed by atoms with Crippen LogP contribution in [0.5, 0.6) is 0 Å². The zero-order valence-corrected chi connectivity index (χ0v) is 14.5. The first-order valence-electron chi connectivity index (χ1n) is 7.39. The summed E-state index contributed by atoms with van der Waals surface area (Å²) < 4.78 is 30.1. The lowest BCUT2D eigenvalue weighted by molar-refractivity contribution is -0.172. The van der Waals surface area contributed by atoms with Crippen molar-refractivity contribution in [3.05, 3.63) is 15.3 Å². The minimum atomic E-state index is -2.72. The van der Waals surface area contributed by atoms with Crippen LogP contribution in [0.3, 0.4) is 0 Å². The van der Waals surface area contributed by atoms with E-state index >= 15 is 0 Å². The fourth-order valence-electron chi connectivity index (χ4n) is 3.17. The zero-order valence-electron chi connectivity index (χ0n) is 12.3. The Balaban J connectivity index is 1.74. The number of nitrogens with one attached hydrogen (secondary N) is 1. The van der Waals surface area contributed by atoms with Crippen molar-refractivity contribution >= 4 is 40.3 Å². The Labute approximate surface area is 146 Å². The summed E-state index contributed by atoms with van der Waals surface area (Å²) in [5.41, 5.74) is 13.9. The molecule has 6 nitrogen and oxygen atoms in total. The highest BCUT2D eigenvalue weighted by Gasteiger charge is 2.40. The average molecular weight is 437 g/mol. The third kappa shape index (κ3) is 3.41. The molecule has 3 rings (SSSR count). The van der Waals surface area contributed by atoms with Gasteiger partial charge in [-0.25, -0.2) is 9.98 Å². The Morgan fingerprint density at radius 2 is 2.04 bits per heavy atom. The van der Waals surface area contributed by atoms with Crippen LogP contribution in [0.15, 0.2) is 11.2 Å². The number of pyridine rings is 1. The smallest absolute Gasteiger partial charge is 0.345 e. The van der Waals surface area contributed by atoms with Crippen LogP contribution in [-0.2, 0) is 4.74 Å². The Bertz CT molecular complexity index is 621. The molecule has 1 atom stereocenters. The van der Waals surface area contributed by atoms with Gasteiger partial charge in [-0.2, -0.15) is 8.78 Å². The normalized spacial score (nSPS) is 30.1. The van der Waals surface area contributed by atoms with Gasteiger partial charge in [0, 0.05) is 18.3 Å². The van der Waals surface area contributed by atoms with Gasteiger partial charge in [-0.15, -0.1) is 0 Å². The van der Waals surface area contributed by atoms with E-state index in [0.29, 0.717) is 31.5 Å². The van der Waals surface area contributed by atoms with Crippen LogP contribution in [0, 0.1) is 9.49 Å². The fourth-order valence-corrected chi connectivity index (χ4v) is 3.74. The molecule has 2 aliphatic rings. The molecule has 1 aliphatic carbocycles. The van der Waals surface area contributed by atoms with Crippen LogP contribution in [0.25, 0.3) is 0 Å². The summed E-state index contributed by atoms with van der Waals surface area (Å²) in [5, 5.41) is 3.27. The fraction of sp³-hybridized carbons (Fsp3) is 0.571. The summed E-state index contributed by atoms with van der Waals surface area (Å²) in [6.45, 7) is -2.72. The van der Waals surface area contributed by atoms with E-state index in [2.05, 4.69) is 42.6 Å². The summed E-state index contributed by atoms with van der Waals surface area (Å²) in [5.74, 6) is -0.529. The van der Waals surface area contributed by atoms with E-state index in [0.717, 1.165) is 14.8 Å². The monoisotopic (exact) mass is 437 g/mol. The van der Waals surface area contributed by atoms with Crippen molar-refractivity contribution in [1.29, 1.82) is 0 Å². The predicted octanol–water partition coefficient (Wildman–Crippen LogP) is 2.52. The molecule has 1 unspecified atom stereocenters. The molecule has 0 aromatic carbocycles. The molecule has 23 heavy (non-hydrogen) atoms. The van der Waals surface area contributed by atoms with Crippen LogP contribution in [0.1, 0.15) is 31.2 Å². The Morgan fingerprint density at radius 3 is 2.70 bits per heavy atom. The lowest BCUT2D eigenvalue weighted by Gasteiger charge is -2.41. The van der Waals surface area contributed by atoms with Crippen molar-refractivity contribution < 1.29 is 13.5 Å². The number of aliphatic imine (C=N–C) groups is 1. The van der Waals surface area contributed by atoms with Crippen molar-refractivity contribution in [3.63, 3.8) is 0 Å². The van der Waals surface area contributed by atoms with Crippen molar-refractivity contribution in [1.82, 2.24) is 4.98 Å². The lowest BCUT2D eigenvalue weighted by Crippen LogP contribution is -2.55. The third-order valence-electron chi connectivity index (χ3n) is 4.43. The molecule has 0 amide bonds. The number of nitrogens with two attached hydrogens (primary N) is 2. The largest absolute Gasteiger partial charge is 0.383 e. The van der Waals surface area contributed by atoms with Crippen molar-refractivity contribution in [2.45, 2.75) is 44.2 Å². The second-order valence-electron chi connectivity index (χ2n) is 5.86. The van der Waals surface area contributed by atoms with Crippen molar-refractivity contribution in [2.75, 3.05) is 11.1 Å². The molecule has 126 valence electrons. The maximum absolute atomic E-state index is 12.3. The van der Waals surface area contributed by atoms with Crippen LogP contribution >= 0.6 is 22.6 Å². The Morgan fingerprint density at radius 1 is 1.35 bits per heavy atom. The van der Waals surface area contributed by atoms with E-state index in [-0.39, 0.29) is 5.92 Å². The first-order valence-corrected chi connectivity index (χ1v) is 8.47. The van der Waals surface area contributed by atoms with Gasteiger partial charge in [0.25, 0.3) is 0 Å². The quantitative estimate of drug-likeness (QED) is 0.632. The number of hydrogen-bond donors (Lipinski definition) is 3. The number of nitrogen functional groups attached to an aromatic ring is 1. The molecule has 1 fully saturated rings. The number of anilines is 2. The summed E-state index contributed by atoms with van der Waals surface area (Å²) in [7, 11) is 0. The van der Waals surface area contributed by atoms with Crippen LogP contribution in [0.2, 0.25) is 0 Å². The molecule has 1 saturated carbocycles. The van der Waals surface area contributed by atoms with Gasteiger partial charge in [-0.1, -0.05) is 0 Å². The van der Waals surface area contributed by atoms with E-state index in [1.165, 1.54) is 0 Å². The molecule has 1 aromatic heterocycles. The molecular formula is C14H18F2IN5O. The standard InChI is InChI=1S/C14H18F2IN5O/c15-13(16)23-8-3-1-7(2-4-8)14(19)21-5-9-11(22-14)10(17)6-20-12(9)18/h5-8,13,22H,1-4,19H2,(H2,18,20). The van der Waals surface area contributed by atoms with E-state index in [9.17, 15) is 8.78 Å². The second-order valence-corrected chi connectivity index (χ2v) is 7.02. The molecule has 1 aliphatic heterocycles. The van der Waals surface area contributed by atoms with Gasteiger partial charge in [-0.3, -0.25) is 5.73 Å². The van der Waals surface area contributed by atoms with Crippen LogP contribution < -0.4 is 16.8 Å². The zero-order chi connectivity index (χ0) is 16.6. The predicted molar refractivity (Wildman–Crippen MR) is 92.3 cm³/mol. The van der Waals surface area contributed by atoms with E-state index < -0.39 is 18.5 Å². The Hall–Kier alpha value is -1.07. The highest BCUT2D eigenvalue weighted by molar-refractivity contribution is 14.1. The van der Waals surface area contributed by atoms with Crippen LogP contribution in [0.4, 0.5) is 20.3 Å². The molecule has 9 heteroatoms. The first-order chi connectivity index (χ1) is 10.9. The maximum Gasteiger partial charge on any atom is 0.345 e. The minimum Gasteiger partial charge on any atom is -0.383 e.